The molecule has 2 N–H and O–H groups in total. The third kappa shape index (κ3) is 12.6. The van der Waals surface area contributed by atoms with Crippen molar-refractivity contribution >= 4 is 17.7 Å². The topological polar surface area (TPSA) is 159 Å². The van der Waals surface area contributed by atoms with Crippen molar-refractivity contribution in [2.24, 2.45) is 7.05 Å². The summed E-state index contributed by atoms with van der Waals surface area (Å²) in [5, 5.41) is 15.1. The summed E-state index contributed by atoms with van der Waals surface area (Å²) >= 11 is 0. The normalized spacial score (nSPS) is 11.9. The van der Waals surface area contributed by atoms with E-state index in [2.05, 4.69) is 20.6 Å². The summed E-state index contributed by atoms with van der Waals surface area (Å²) in [6.07, 6.45) is 3.58. The number of ether oxygens (including phenoxy) is 5. The highest BCUT2D eigenvalue weighted by molar-refractivity contribution is 5.80. The average molecular weight is 811 g/mol. The second-order valence-electron chi connectivity index (χ2n) is 15.5. The fraction of sp³-hybridized carbons (Fsp3) is 0.341. The maximum atomic E-state index is 16.7. The van der Waals surface area contributed by atoms with Gasteiger partial charge in [0.15, 0.2) is 11.5 Å². The molecule has 3 aromatic carbocycles. The highest BCUT2D eigenvalue weighted by Gasteiger charge is 2.31. The Labute approximate surface area is 342 Å². The number of nitrogens with one attached hydrogen (secondary N) is 2. The van der Waals surface area contributed by atoms with Crippen molar-refractivity contribution in [3.8, 4) is 46.5 Å². The van der Waals surface area contributed by atoms with E-state index < -0.39 is 58.4 Å². The van der Waals surface area contributed by atoms with Gasteiger partial charge in [0.1, 0.15) is 41.1 Å². The Morgan fingerprint density at radius 2 is 1.58 bits per heavy atom. The van der Waals surface area contributed by atoms with Gasteiger partial charge in [-0.25, -0.2) is 14.6 Å². The van der Waals surface area contributed by atoms with Gasteiger partial charge in [-0.2, -0.15) is 19.0 Å². The smallest absolute Gasteiger partial charge is 0.407 e. The van der Waals surface area contributed by atoms with E-state index in [0.29, 0.717) is 24.2 Å². The van der Waals surface area contributed by atoms with Crippen molar-refractivity contribution in [2.45, 2.75) is 84.7 Å². The number of aromatic nitrogens is 3. The summed E-state index contributed by atoms with van der Waals surface area (Å²) in [6.45, 7) is 10.6. The maximum Gasteiger partial charge on any atom is 0.407 e. The van der Waals surface area contributed by atoms with Crippen LogP contribution in [0.25, 0.3) is 11.4 Å². The first-order chi connectivity index (χ1) is 28.0. The van der Waals surface area contributed by atoms with E-state index in [-0.39, 0.29) is 42.4 Å². The summed E-state index contributed by atoms with van der Waals surface area (Å²) in [5.74, 6) is -3.97. The van der Waals surface area contributed by atoms with Crippen LogP contribution in [0.15, 0.2) is 85.2 Å². The van der Waals surface area contributed by atoms with Crippen molar-refractivity contribution in [3.05, 3.63) is 108 Å². The second-order valence-corrected chi connectivity index (χ2v) is 15.5. The molecule has 0 aliphatic rings. The first-order valence-corrected chi connectivity index (χ1v) is 19.0. The molecule has 0 saturated carbocycles. The fourth-order valence-corrected chi connectivity index (χ4v) is 5.61. The van der Waals surface area contributed by atoms with E-state index in [9.17, 15) is 14.9 Å². The third-order valence-electron chi connectivity index (χ3n) is 8.26. The molecule has 59 heavy (non-hydrogen) atoms. The van der Waals surface area contributed by atoms with Gasteiger partial charge in [0.05, 0.1) is 11.6 Å². The lowest BCUT2D eigenvalue weighted by atomic mass is 10.1. The number of imidazole rings is 1. The molecule has 13 nitrogen and oxygen atoms in total. The number of anilines is 1. The minimum absolute atomic E-state index is 0.0475. The van der Waals surface area contributed by atoms with E-state index in [1.165, 1.54) is 18.2 Å². The standard InChI is InChI=1S/C44H48F2N6O7/c1-43(2,3)58-41(53)32(18-11-12-21-49-42(54)59-44(4,5)6)50-37-35(45)39(56-31-17-13-16-30(25-31)38-48-22-23-52(38)7)51-40(36(37)46)57-34-24-29(26-47)19-20-33(34)55-27-28-14-9-8-10-15-28/h8-10,13-17,19-20,22-25,32H,11-12,18,21,27H2,1-7H3,(H,49,54)(H,50,51). The number of alkyl carbamates (subject to hydrolysis) is 1. The van der Waals surface area contributed by atoms with Gasteiger partial charge in [-0.1, -0.05) is 42.5 Å². The van der Waals surface area contributed by atoms with E-state index >= 15 is 8.78 Å². The van der Waals surface area contributed by atoms with Crippen LogP contribution in [-0.4, -0.2) is 50.4 Å². The number of hydrogen-bond acceptors (Lipinski definition) is 11. The number of unbranched alkanes of at least 4 members (excludes halogenated alkanes) is 1. The lowest BCUT2D eigenvalue weighted by Crippen LogP contribution is -2.37. The Morgan fingerprint density at radius 3 is 2.24 bits per heavy atom. The monoisotopic (exact) mass is 810 g/mol. The van der Waals surface area contributed by atoms with Crippen LogP contribution in [0.5, 0.6) is 29.0 Å². The van der Waals surface area contributed by atoms with E-state index in [1.54, 1.807) is 82.8 Å². The molecule has 0 aliphatic heterocycles. The van der Waals surface area contributed by atoms with Crippen LogP contribution in [-0.2, 0) is 27.9 Å². The largest absolute Gasteiger partial charge is 0.485 e. The Balaban J connectivity index is 1.51. The van der Waals surface area contributed by atoms with Crippen LogP contribution in [0, 0.1) is 23.0 Å². The predicted octanol–water partition coefficient (Wildman–Crippen LogP) is 9.61. The van der Waals surface area contributed by atoms with Crippen molar-refractivity contribution in [1.29, 1.82) is 5.26 Å². The summed E-state index contributed by atoms with van der Waals surface area (Å²) in [5.41, 5.74) is -0.758. The molecule has 1 unspecified atom stereocenters. The quantitative estimate of drug-likeness (QED) is 0.0722. The number of rotatable bonds is 16. The van der Waals surface area contributed by atoms with Crippen LogP contribution < -0.4 is 24.8 Å². The van der Waals surface area contributed by atoms with Crippen molar-refractivity contribution in [2.75, 3.05) is 11.9 Å². The van der Waals surface area contributed by atoms with Crippen LogP contribution >= 0.6 is 0 Å². The maximum absolute atomic E-state index is 16.7. The summed E-state index contributed by atoms with van der Waals surface area (Å²) in [6, 6.07) is 21.0. The number of carbonyl (C=O) groups excluding carboxylic acids is 2. The first kappa shape index (κ1) is 43.4. The first-order valence-electron chi connectivity index (χ1n) is 19.0. The van der Waals surface area contributed by atoms with Crippen LogP contribution in [0.3, 0.4) is 0 Å². The zero-order chi connectivity index (χ0) is 42.7. The Hall–Kier alpha value is -6.69. The highest BCUT2D eigenvalue weighted by atomic mass is 19.1. The summed E-state index contributed by atoms with van der Waals surface area (Å²) in [7, 11) is 1.82. The fourth-order valence-electron chi connectivity index (χ4n) is 5.61. The van der Waals surface area contributed by atoms with Crippen LogP contribution in [0.2, 0.25) is 0 Å². The second kappa shape index (κ2) is 19.2. The van der Waals surface area contributed by atoms with Gasteiger partial charge in [0.25, 0.3) is 11.8 Å². The molecule has 5 aromatic rings. The van der Waals surface area contributed by atoms with Gasteiger partial charge in [-0.05, 0) is 90.6 Å². The molecule has 5 rings (SSSR count). The van der Waals surface area contributed by atoms with E-state index in [1.807, 2.05) is 43.4 Å². The van der Waals surface area contributed by atoms with E-state index in [4.69, 9.17) is 23.7 Å². The van der Waals surface area contributed by atoms with Crippen molar-refractivity contribution in [3.63, 3.8) is 0 Å². The molecule has 0 fully saturated rings. The summed E-state index contributed by atoms with van der Waals surface area (Å²) < 4.78 is 64.1. The number of amides is 1. The number of benzene rings is 3. The number of nitriles is 1. The molecule has 0 radical (unpaired) electrons. The molecular weight excluding hydrogens is 763 g/mol. The number of aryl methyl sites for hydroxylation is 1. The lowest BCUT2D eigenvalue weighted by molar-refractivity contribution is -0.156. The Bertz CT molecular complexity index is 2280. The van der Waals surface area contributed by atoms with Gasteiger partial charge >= 0.3 is 12.1 Å². The molecule has 1 atom stereocenters. The number of hydrogen-bond donors (Lipinski definition) is 2. The minimum Gasteiger partial charge on any atom is -0.485 e. The van der Waals surface area contributed by atoms with Gasteiger partial charge < -0.3 is 38.9 Å². The average Bonchev–Trinajstić information content (AvgIpc) is 3.61. The molecule has 0 aliphatic carbocycles. The molecule has 0 bridgehead atoms. The third-order valence-corrected chi connectivity index (χ3v) is 8.26. The number of carbonyl (C=O) groups is 2. The van der Waals surface area contributed by atoms with Gasteiger partial charge in [-0.3, -0.25) is 0 Å². The number of halogens is 2. The molecule has 310 valence electrons. The van der Waals surface area contributed by atoms with Crippen molar-refractivity contribution in [1.82, 2.24) is 19.9 Å². The number of esters is 1. The number of pyridine rings is 1. The summed E-state index contributed by atoms with van der Waals surface area (Å²) in [4.78, 5) is 34.2. The molecule has 15 heteroatoms. The van der Waals surface area contributed by atoms with Crippen LogP contribution in [0.1, 0.15) is 71.9 Å². The Morgan fingerprint density at radius 1 is 0.864 bits per heavy atom. The molecule has 0 spiro atoms. The molecular formula is C44H48F2N6O7. The SMILES string of the molecule is Cn1ccnc1-c1cccc(Oc2nc(Oc3cc(C#N)ccc3OCc3ccccc3)c(F)c(NC(CCCCNC(=O)OC(C)(C)C)C(=O)OC(C)(C)C)c2F)c1. The number of nitrogens with zero attached hydrogens (tertiary/aromatic N) is 4. The van der Waals surface area contributed by atoms with Crippen molar-refractivity contribution < 1.29 is 42.1 Å². The Kier molecular flexibility index (Phi) is 14.1. The molecule has 2 aromatic heterocycles. The van der Waals surface area contributed by atoms with Gasteiger partial charge in [-0.15, -0.1) is 0 Å². The van der Waals surface area contributed by atoms with E-state index in [0.717, 1.165) is 5.56 Å². The van der Waals surface area contributed by atoms with Gasteiger partial charge in [0, 0.05) is 37.6 Å². The molecule has 0 saturated heterocycles. The minimum atomic E-state index is -1.30. The highest BCUT2D eigenvalue weighted by Crippen LogP contribution is 2.40. The predicted molar refractivity (Wildman–Crippen MR) is 216 cm³/mol. The zero-order valence-corrected chi connectivity index (χ0v) is 34.1. The molecule has 2 heterocycles. The van der Waals surface area contributed by atoms with Crippen LogP contribution in [0.4, 0.5) is 19.3 Å². The lowest BCUT2D eigenvalue weighted by Gasteiger charge is -2.26. The zero-order valence-electron chi connectivity index (χ0n) is 34.1. The van der Waals surface area contributed by atoms with Gasteiger partial charge in [0.2, 0.25) is 11.6 Å². The molecule has 1 amide bonds.